The van der Waals surface area contributed by atoms with Gasteiger partial charge in [0.05, 0.1) is 0 Å². The lowest BCUT2D eigenvalue weighted by atomic mass is 9.83. The number of halogens is 1. The lowest BCUT2D eigenvalue weighted by Gasteiger charge is -2.32. The summed E-state index contributed by atoms with van der Waals surface area (Å²) in [6, 6.07) is 8.82. The molecule has 0 bridgehead atoms. The van der Waals surface area contributed by atoms with Gasteiger partial charge in [0, 0.05) is 31.5 Å². The molecule has 1 aliphatic rings. The number of amides is 1. The molecule has 0 aromatic heterocycles. The molecule has 130 valence electrons. The van der Waals surface area contributed by atoms with Gasteiger partial charge in [-0.1, -0.05) is 50.1 Å². The van der Waals surface area contributed by atoms with Crippen LogP contribution in [0.3, 0.4) is 0 Å². The minimum absolute atomic E-state index is 0. The van der Waals surface area contributed by atoms with Crippen LogP contribution in [0, 0.1) is 12.8 Å². The molecule has 1 aliphatic carbocycles. The van der Waals surface area contributed by atoms with Crippen molar-refractivity contribution in [1.82, 2.24) is 4.90 Å². The summed E-state index contributed by atoms with van der Waals surface area (Å²) >= 11 is 0. The number of rotatable bonds is 5. The van der Waals surface area contributed by atoms with E-state index in [4.69, 9.17) is 5.73 Å². The fourth-order valence-electron chi connectivity index (χ4n) is 3.48. The maximum atomic E-state index is 12.5. The zero-order chi connectivity index (χ0) is 16.3. The average molecular weight is 339 g/mol. The van der Waals surface area contributed by atoms with E-state index in [-0.39, 0.29) is 29.8 Å². The second-order valence-electron chi connectivity index (χ2n) is 7.56. The molecule has 0 unspecified atom stereocenters. The molecular formula is C19H31ClN2O. The molecule has 0 aliphatic heterocycles. The number of nitrogens with zero attached hydrogens (tertiary/aromatic N) is 1. The molecule has 1 aromatic rings. The van der Waals surface area contributed by atoms with Crippen LogP contribution in [0.5, 0.6) is 0 Å². The van der Waals surface area contributed by atoms with Crippen molar-refractivity contribution in [2.75, 3.05) is 13.6 Å². The smallest absolute Gasteiger partial charge is 0.222 e. The zero-order valence-electron chi connectivity index (χ0n) is 14.8. The van der Waals surface area contributed by atoms with Crippen LogP contribution in [0.25, 0.3) is 0 Å². The van der Waals surface area contributed by atoms with Crippen molar-refractivity contribution < 1.29 is 4.79 Å². The van der Waals surface area contributed by atoms with Gasteiger partial charge in [0.2, 0.25) is 5.91 Å². The maximum absolute atomic E-state index is 12.5. The van der Waals surface area contributed by atoms with Crippen molar-refractivity contribution in [3.8, 4) is 0 Å². The number of carbonyl (C=O) groups is 1. The van der Waals surface area contributed by atoms with Gasteiger partial charge in [0.25, 0.3) is 0 Å². The third-order valence-corrected chi connectivity index (χ3v) is 5.05. The largest absolute Gasteiger partial charge is 0.345 e. The van der Waals surface area contributed by atoms with E-state index >= 15 is 0 Å². The van der Waals surface area contributed by atoms with Gasteiger partial charge in [-0.05, 0) is 31.2 Å². The standard InChI is InChI=1S/C19H30N2O.ClH/c1-14-8-10-16(11-9-14)19(2,3)13-21(4)18(22)12-15-6-5-7-17(15)20;/h8-11,15,17H,5-7,12-13,20H2,1-4H3;1H/t15-,17+;/m0./s1. The number of carbonyl (C=O) groups excluding carboxylic acids is 1. The molecule has 3 nitrogen and oxygen atoms in total. The van der Waals surface area contributed by atoms with Gasteiger partial charge in [-0.15, -0.1) is 12.4 Å². The number of hydrogen-bond donors (Lipinski definition) is 1. The van der Waals surface area contributed by atoms with Gasteiger partial charge in [-0.3, -0.25) is 4.79 Å². The monoisotopic (exact) mass is 338 g/mol. The molecule has 4 heteroatoms. The summed E-state index contributed by atoms with van der Waals surface area (Å²) in [5, 5.41) is 0. The molecule has 1 amide bonds. The molecule has 2 N–H and O–H groups in total. The molecular weight excluding hydrogens is 308 g/mol. The minimum atomic E-state index is -0.0457. The Bertz CT molecular complexity index is 513. The Morgan fingerprint density at radius 1 is 1.26 bits per heavy atom. The Morgan fingerprint density at radius 3 is 2.39 bits per heavy atom. The number of likely N-dealkylation sites (N-methyl/N-ethyl adjacent to an activating group) is 1. The molecule has 1 aromatic carbocycles. The highest BCUT2D eigenvalue weighted by Crippen LogP contribution is 2.28. The molecule has 23 heavy (non-hydrogen) atoms. The van der Waals surface area contributed by atoms with E-state index in [1.807, 2.05) is 11.9 Å². The van der Waals surface area contributed by atoms with Gasteiger partial charge in [-0.2, -0.15) is 0 Å². The van der Waals surface area contributed by atoms with Crippen molar-refractivity contribution in [2.24, 2.45) is 11.7 Å². The van der Waals surface area contributed by atoms with E-state index in [9.17, 15) is 4.79 Å². The molecule has 2 rings (SSSR count). The SMILES string of the molecule is Cc1ccc(C(C)(C)CN(C)C(=O)C[C@@H]2CCC[C@H]2N)cc1.Cl. The first-order chi connectivity index (χ1) is 10.3. The van der Waals surface area contributed by atoms with Crippen molar-refractivity contribution >= 4 is 18.3 Å². The Labute approximate surface area is 147 Å². The predicted octanol–water partition coefficient (Wildman–Crippen LogP) is 3.67. The Kier molecular flexibility index (Phi) is 7.09. The Morgan fingerprint density at radius 2 is 1.87 bits per heavy atom. The van der Waals surface area contributed by atoms with Crippen LogP contribution in [0.1, 0.15) is 50.7 Å². The summed E-state index contributed by atoms with van der Waals surface area (Å²) in [7, 11) is 1.92. The van der Waals surface area contributed by atoms with Crippen molar-refractivity contribution in [3.05, 3.63) is 35.4 Å². The quantitative estimate of drug-likeness (QED) is 0.890. The number of nitrogens with two attached hydrogens (primary N) is 1. The fourth-order valence-corrected chi connectivity index (χ4v) is 3.48. The lowest BCUT2D eigenvalue weighted by Crippen LogP contribution is -2.40. The first-order valence-corrected chi connectivity index (χ1v) is 8.36. The van der Waals surface area contributed by atoms with E-state index < -0.39 is 0 Å². The van der Waals surface area contributed by atoms with Crippen LogP contribution in [0.4, 0.5) is 0 Å². The second-order valence-corrected chi connectivity index (χ2v) is 7.56. The molecule has 0 spiro atoms. The second kappa shape index (κ2) is 8.16. The summed E-state index contributed by atoms with van der Waals surface area (Å²) in [6.07, 6.45) is 3.93. The van der Waals surface area contributed by atoms with E-state index in [1.54, 1.807) is 0 Å². The van der Waals surface area contributed by atoms with E-state index in [2.05, 4.69) is 45.0 Å². The molecule has 2 atom stereocenters. The summed E-state index contributed by atoms with van der Waals surface area (Å²) in [5.41, 5.74) is 8.58. The number of benzene rings is 1. The lowest BCUT2D eigenvalue weighted by molar-refractivity contribution is -0.131. The Hall–Kier alpha value is -1.06. The summed E-state index contributed by atoms with van der Waals surface area (Å²) in [4.78, 5) is 14.4. The van der Waals surface area contributed by atoms with Crippen LogP contribution < -0.4 is 5.73 Å². The topological polar surface area (TPSA) is 46.3 Å². The molecule has 0 radical (unpaired) electrons. The van der Waals surface area contributed by atoms with Gasteiger partial charge in [-0.25, -0.2) is 0 Å². The number of hydrogen-bond acceptors (Lipinski definition) is 2. The van der Waals surface area contributed by atoms with Gasteiger partial charge in [0.1, 0.15) is 0 Å². The van der Waals surface area contributed by atoms with E-state index in [0.717, 1.165) is 25.8 Å². The van der Waals surface area contributed by atoms with Crippen LogP contribution in [-0.4, -0.2) is 30.4 Å². The highest BCUT2D eigenvalue weighted by atomic mass is 35.5. The van der Waals surface area contributed by atoms with Gasteiger partial charge in [0.15, 0.2) is 0 Å². The van der Waals surface area contributed by atoms with Crippen molar-refractivity contribution in [2.45, 2.75) is 57.9 Å². The highest BCUT2D eigenvalue weighted by molar-refractivity contribution is 5.85. The third kappa shape index (κ3) is 5.22. The summed E-state index contributed by atoms with van der Waals surface area (Å²) < 4.78 is 0. The van der Waals surface area contributed by atoms with Crippen molar-refractivity contribution in [3.63, 3.8) is 0 Å². The average Bonchev–Trinajstić information content (AvgIpc) is 2.84. The van der Waals surface area contributed by atoms with Crippen molar-refractivity contribution in [1.29, 1.82) is 0 Å². The zero-order valence-corrected chi connectivity index (χ0v) is 15.7. The van der Waals surface area contributed by atoms with Gasteiger partial charge >= 0.3 is 0 Å². The first kappa shape index (κ1) is 20.0. The maximum Gasteiger partial charge on any atom is 0.222 e. The Balaban J connectivity index is 0.00000264. The van der Waals surface area contributed by atoms with Crippen LogP contribution in [0.2, 0.25) is 0 Å². The molecule has 0 heterocycles. The first-order valence-electron chi connectivity index (χ1n) is 8.36. The van der Waals surface area contributed by atoms with Crippen LogP contribution >= 0.6 is 12.4 Å². The normalized spacial score (nSPS) is 20.9. The van der Waals surface area contributed by atoms with E-state index in [1.165, 1.54) is 11.1 Å². The molecule has 1 fully saturated rings. The molecule has 1 saturated carbocycles. The summed E-state index contributed by atoms with van der Waals surface area (Å²) in [6.45, 7) is 7.22. The number of aryl methyl sites for hydroxylation is 1. The highest BCUT2D eigenvalue weighted by Gasteiger charge is 2.29. The molecule has 0 saturated heterocycles. The fraction of sp³-hybridized carbons (Fsp3) is 0.632. The van der Waals surface area contributed by atoms with E-state index in [0.29, 0.717) is 12.3 Å². The third-order valence-electron chi connectivity index (χ3n) is 5.05. The minimum Gasteiger partial charge on any atom is -0.345 e. The predicted molar refractivity (Wildman–Crippen MR) is 99.0 cm³/mol. The van der Waals surface area contributed by atoms with Crippen LogP contribution in [0.15, 0.2) is 24.3 Å². The van der Waals surface area contributed by atoms with Gasteiger partial charge < -0.3 is 10.6 Å². The van der Waals surface area contributed by atoms with Crippen LogP contribution in [-0.2, 0) is 10.2 Å². The summed E-state index contributed by atoms with van der Waals surface area (Å²) in [5.74, 6) is 0.597.